The van der Waals surface area contributed by atoms with E-state index in [0.717, 1.165) is 96.7 Å². The Bertz CT molecular complexity index is 2180. The van der Waals surface area contributed by atoms with E-state index in [0.29, 0.717) is 17.2 Å². The third kappa shape index (κ3) is 5.87. The number of ketones is 1. The number of benzene rings is 5. The minimum Gasteiger partial charge on any atom is -0.497 e. The van der Waals surface area contributed by atoms with Crippen molar-refractivity contribution in [3.8, 4) is 5.75 Å². The van der Waals surface area contributed by atoms with Gasteiger partial charge >= 0.3 is 0 Å². The Hall–Kier alpha value is -4.90. The van der Waals surface area contributed by atoms with Gasteiger partial charge in [0, 0.05) is 50.5 Å². The first kappa shape index (κ1) is 33.0. The van der Waals surface area contributed by atoms with Crippen molar-refractivity contribution in [2.24, 2.45) is 11.1 Å². The highest BCUT2D eigenvalue weighted by atomic mass is 16.5. The summed E-state index contributed by atoms with van der Waals surface area (Å²) < 4.78 is 8.17. The summed E-state index contributed by atoms with van der Waals surface area (Å²) in [4.78, 5) is 14.7. The van der Waals surface area contributed by atoms with Crippen LogP contribution in [0.15, 0.2) is 84.0 Å². The summed E-state index contributed by atoms with van der Waals surface area (Å²) in [6.07, 6.45) is 4.61. The molecule has 1 N–H and O–H groups in total. The summed E-state index contributed by atoms with van der Waals surface area (Å²) in [5.41, 5.74) is 9.97. The molecule has 6 aromatic rings. The van der Waals surface area contributed by atoms with Crippen LogP contribution in [0.1, 0.15) is 88.8 Å². The van der Waals surface area contributed by atoms with Gasteiger partial charge in [-0.05, 0) is 98.5 Å². The lowest BCUT2D eigenvalue weighted by atomic mass is 9.89. The summed E-state index contributed by atoms with van der Waals surface area (Å²) in [5.74, 6) is 1.24. The first-order valence-corrected chi connectivity index (χ1v) is 17.2. The molecule has 5 nitrogen and oxygen atoms in total. The molecule has 0 aliphatic rings. The van der Waals surface area contributed by atoms with Crippen LogP contribution in [0.3, 0.4) is 0 Å². The van der Waals surface area contributed by atoms with Crippen LogP contribution in [0.5, 0.6) is 5.75 Å². The molecule has 0 spiro atoms. The zero-order valence-corrected chi connectivity index (χ0v) is 29.3. The van der Waals surface area contributed by atoms with Gasteiger partial charge in [0.1, 0.15) is 11.5 Å². The normalized spacial score (nSPS) is 12.7. The van der Waals surface area contributed by atoms with Crippen LogP contribution in [0, 0.1) is 33.6 Å². The zero-order chi connectivity index (χ0) is 34.1. The number of rotatable bonds is 11. The van der Waals surface area contributed by atoms with E-state index >= 15 is 0 Å². The zero-order valence-electron chi connectivity index (χ0n) is 29.3. The van der Waals surface area contributed by atoms with E-state index < -0.39 is 0 Å². The highest BCUT2D eigenvalue weighted by Gasteiger charge is 2.24. The Kier molecular flexibility index (Phi) is 9.41. The van der Waals surface area contributed by atoms with Gasteiger partial charge in [0.15, 0.2) is 5.78 Å². The maximum Gasteiger partial charge on any atom is 0.194 e. The number of fused-ring (bicyclic) bond motifs is 5. The van der Waals surface area contributed by atoms with Gasteiger partial charge in [-0.15, -0.1) is 0 Å². The summed E-state index contributed by atoms with van der Waals surface area (Å²) in [6.45, 7) is 13.5. The van der Waals surface area contributed by atoms with Crippen molar-refractivity contribution in [2.45, 2.75) is 73.8 Å². The second-order valence-electron chi connectivity index (χ2n) is 13.4. The predicted octanol–water partition coefficient (Wildman–Crippen LogP) is 10.9. The van der Waals surface area contributed by atoms with Gasteiger partial charge in [-0.3, -0.25) is 4.79 Å². The van der Waals surface area contributed by atoms with Gasteiger partial charge in [-0.1, -0.05) is 86.3 Å². The predicted molar refractivity (Wildman–Crippen MR) is 199 cm³/mol. The number of unbranched alkanes of at least 4 members (excludes halogenated alkanes) is 1. The molecule has 0 aliphatic carbocycles. The number of ether oxygens (including phenoxy) is 1. The summed E-state index contributed by atoms with van der Waals surface area (Å²) in [7, 11) is 1.67. The molecule has 0 fully saturated rings. The maximum absolute atomic E-state index is 14.7. The van der Waals surface area contributed by atoms with E-state index in [1.807, 2.05) is 57.2 Å². The van der Waals surface area contributed by atoms with Crippen molar-refractivity contribution in [1.29, 1.82) is 0 Å². The molecular formula is C43H46N2O3. The van der Waals surface area contributed by atoms with Gasteiger partial charge < -0.3 is 14.5 Å². The van der Waals surface area contributed by atoms with Crippen molar-refractivity contribution >= 4 is 44.1 Å². The van der Waals surface area contributed by atoms with E-state index in [1.54, 1.807) is 7.11 Å². The van der Waals surface area contributed by atoms with Crippen LogP contribution in [0.25, 0.3) is 32.6 Å². The van der Waals surface area contributed by atoms with Crippen molar-refractivity contribution < 1.29 is 14.7 Å². The number of hydrogen-bond donors (Lipinski definition) is 1. The van der Waals surface area contributed by atoms with Crippen molar-refractivity contribution in [2.75, 3.05) is 7.11 Å². The highest BCUT2D eigenvalue weighted by Crippen LogP contribution is 2.40. The van der Waals surface area contributed by atoms with E-state index in [2.05, 4.69) is 73.0 Å². The number of carbonyl (C=O) groups excluding carboxylic acids is 1. The van der Waals surface area contributed by atoms with E-state index in [9.17, 15) is 10.0 Å². The monoisotopic (exact) mass is 638 g/mol. The number of aryl methyl sites for hydroxylation is 4. The number of nitrogens with zero attached hydrogens (tertiary/aromatic N) is 2. The van der Waals surface area contributed by atoms with Crippen molar-refractivity contribution in [1.82, 2.24) is 4.57 Å². The molecule has 1 atom stereocenters. The summed E-state index contributed by atoms with van der Waals surface area (Å²) >= 11 is 0. The summed E-state index contributed by atoms with van der Waals surface area (Å²) in [6, 6.07) is 26.7. The third-order valence-electron chi connectivity index (χ3n) is 10.1. The Morgan fingerprint density at radius 3 is 2.23 bits per heavy atom. The molecule has 246 valence electrons. The second-order valence-corrected chi connectivity index (χ2v) is 13.4. The van der Waals surface area contributed by atoms with Crippen LogP contribution in [0.4, 0.5) is 0 Å². The molecule has 0 amide bonds. The first-order valence-electron chi connectivity index (χ1n) is 17.2. The quantitative estimate of drug-likeness (QED) is 0.0665. The first-order chi connectivity index (χ1) is 23.2. The molecule has 0 saturated heterocycles. The number of aromatic nitrogens is 1. The van der Waals surface area contributed by atoms with Crippen LogP contribution in [0.2, 0.25) is 0 Å². The van der Waals surface area contributed by atoms with Gasteiger partial charge in [-0.2, -0.15) is 0 Å². The maximum atomic E-state index is 14.7. The van der Waals surface area contributed by atoms with Crippen LogP contribution in [-0.2, 0) is 6.54 Å². The minimum atomic E-state index is 0.00843. The smallest absolute Gasteiger partial charge is 0.194 e. The topological polar surface area (TPSA) is 63.8 Å². The highest BCUT2D eigenvalue weighted by molar-refractivity contribution is 6.27. The van der Waals surface area contributed by atoms with E-state index in [1.165, 1.54) is 12.8 Å². The van der Waals surface area contributed by atoms with Crippen molar-refractivity contribution in [3.05, 3.63) is 123 Å². The number of carbonyl (C=O) groups is 1. The molecule has 0 aliphatic heterocycles. The molecule has 6 rings (SSSR count). The van der Waals surface area contributed by atoms with Gasteiger partial charge in [0.05, 0.1) is 12.6 Å². The Labute approximate surface area is 283 Å². The van der Waals surface area contributed by atoms with Crippen LogP contribution in [-0.4, -0.2) is 28.4 Å². The molecule has 1 unspecified atom stereocenters. The molecular weight excluding hydrogens is 592 g/mol. The Morgan fingerprint density at radius 2 is 1.56 bits per heavy atom. The fraction of sp³-hybridized carbons (Fsp3) is 0.302. The average Bonchev–Trinajstić information content (AvgIpc) is 3.38. The Balaban J connectivity index is 1.70. The van der Waals surface area contributed by atoms with E-state index in [-0.39, 0.29) is 5.78 Å². The number of oxime groups is 1. The lowest BCUT2D eigenvalue weighted by molar-refractivity contribution is 0.103. The molecule has 48 heavy (non-hydrogen) atoms. The molecule has 5 heteroatoms. The molecule has 0 bridgehead atoms. The lowest BCUT2D eigenvalue weighted by Gasteiger charge is -2.19. The molecule has 1 aromatic heterocycles. The molecule has 0 radical (unpaired) electrons. The fourth-order valence-electron chi connectivity index (χ4n) is 7.60. The standard InChI is InChI=1S/C43H46N2O3/c1-8-10-14-30(9-2)25-45-39-19-16-31(41(44-47)33-15-12-11-13-27(33)4)22-36(39)37-24-38(35-23-32(48-7)17-18-34(35)42(37)45)43(46)40-28(5)20-26(3)21-29(40)6/h11-13,15-24,30,47H,8-10,14,25H2,1-7H3. The Morgan fingerprint density at radius 1 is 0.812 bits per heavy atom. The minimum absolute atomic E-state index is 0.00843. The van der Waals surface area contributed by atoms with Crippen LogP contribution < -0.4 is 4.74 Å². The fourth-order valence-corrected chi connectivity index (χ4v) is 7.60. The number of methoxy groups -OCH3 is 1. The lowest BCUT2D eigenvalue weighted by Crippen LogP contribution is -2.11. The van der Waals surface area contributed by atoms with Gasteiger partial charge in [0.25, 0.3) is 0 Å². The largest absolute Gasteiger partial charge is 0.497 e. The molecule has 5 aromatic carbocycles. The van der Waals surface area contributed by atoms with Crippen LogP contribution >= 0.6 is 0 Å². The SMILES string of the molecule is CCCCC(CC)Cn1c2ccc(C(=NO)c3ccccc3C)cc2c2cc(C(=O)c3c(C)cc(C)cc3C)c3cc(OC)ccc3c21. The third-order valence-corrected chi connectivity index (χ3v) is 10.1. The van der Waals surface area contributed by atoms with Crippen molar-refractivity contribution in [3.63, 3.8) is 0 Å². The second kappa shape index (κ2) is 13.7. The summed E-state index contributed by atoms with van der Waals surface area (Å²) in [5, 5.41) is 18.1. The molecule has 1 heterocycles. The average molecular weight is 639 g/mol. The van der Waals surface area contributed by atoms with E-state index in [4.69, 9.17) is 4.74 Å². The van der Waals surface area contributed by atoms with Gasteiger partial charge in [0.2, 0.25) is 0 Å². The number of hydrogen-bond acceptors (Lipinski definition) is 4. The van der Waals surface area contributed by atoms with Gasteiger partial charge in [-0.25, -0.2) is 0 Å². The molecule has 0 saturated carbocycles.